The number of nitrogens with zero attached hydrogens (tertiary/aromatic N) is 4. The summed E-state index contributed by atoms with van der Waals surface area (Å²) < 4.78 is 5.41. The van der Waals surface area contributed by atoms with Crippen LogP contribution in [0, 0.1) is 11.3 Å². The van der Waals surface area contributed by atoms with E-state index in [0.29, 0.717) is 12.5 Å². The molecule has 0 atom stereocenters. The molecule has 1 saturated heterocycles. The summed E-state index contributed by atoms with van der Waals surface area (Å²) >= 11 is 1.56. The normalized spacial score (nSPS) is 13.5. The first-order valence-electron chi connectivity index (χ1n) is 9.72. The number of aromatic nitrogens is 2. The lowest BCUT2D eigenvalue weighted by atomic mass is 10.2. The van der Waals surface area contributed by atoms with Gasteiger partial charge in [0.15, 0.2) is 0 Å². The zero-order valence-corrected chi connectivity index (χ0v) is 17.2. The van der Waals surface area contributed by atoms with Crippen LogP contribution >= 0.6 is 11.8 Å². The summed E-state index contributed by atoms with van der Waals surface area (Å²) in [4.78, 5) is 12.3. The summed E-state index contributed by atoms with van der Waals surface area (Å²) in [6.07, 6.45) is 1.75. The van der Waals surface area contributed by atoms with E-state index < -0.39 is 0 Å². The SMILES string of the molecule is N#CCNc1ccc(Sc2ccnc(Nc3ccc(N4CCOCC4)cc3)n2)cc1. The molecule has 1 fully saturated rings. The predicted octanol–water partition coefficient (Wildman–Crippen LogP) is 4.14. The number of hydrogen-bond donors (Lipinski definition) is 2. The van der Waals surface area contributed by atoms with Crippen LogP contribution in [-0.4, -0.2) is 42.8 Å². The molecule has 2 heterocycles. The number of ether oxygens (including phenoxy) is 1. The van der Waals surface area contributed by atoms with E-state index in [0.717, 1.165) is 47.6 Å². The average Bonchev–Trinajstić information content (AvgIpc) is 2.80. The average molecular weight is 419 g/mol. The number of nitrogens with one attached hydrogen (secondary N) is 2. The predicted molar refractivity (Wildman–Crippen MR) is 119 cm³/mol. The van der Waals surface area contributed by atoms with Crippen LogP contribution in [0.15, 0.2) is 70.7 Å². The van der Waals surface area contributed by atoms with E-state index in [1.54, 1.807) is 18.0 Å². The van der Waals surface area contributed by atoms with Gasteiger partial charge in [0.05, 0.1) is 19.3 Å². The van der Waals surface area contributed by atoms with Crippen LogP contribution < -0.4 is 15.5 Å². The maximum Gasteiger partial charge on any atom is 0.228 e. The molecule has 0 radical (unpaired) electrons. The Morgan fingerprint density at radius 2 is 1.73 bits per heavy atom. The van der Waals surface area contributed by atoms with Crippen molar-refractivity contribution >= 4 is 34.8 Å². The summed E-state index contributed by atoms with van der Waals surface area (Å²) in [7, 11) is 0. The van der Waals surface area contributed by atoms with Crippen molar-refractivity contribution in [3.63, 3.8) is 0 Å². The van der Waals surface area contributed by atoms with Crippen LogP contribution in [0.5, 0.6) is 0 Å². The lowest BCUT2D eigenvalue weighted by molar-refractivity contribution is 0.122. The molecular formula is C22H22N6OS. The van der Waals surface area contributed by atoms with Gasteiger partial charge in [-0.15, -0.1) is 0 Å². The first kappa shape index (κ1) is 20.0. The molecule has 0 aliphatic carbocycles. The van der Waals surface area contributed by atoms with E-state index in [4.69, 9.17) is 10.00 Å². The first-order valence-corrected chi connectivity index (χ1v) is 10.5. The largest absolute Gasteiger partial charge is 0.378 e. The van der Waals surface area contributed by atoms with Crippen LogP contribution in [0.25, 0.3) is 0 Å². The third-order valence-corrected chi connectivity index (χ3v) is 5.52. The number of benzene rings is 2. The Morgan fingerprint density at radius 1 is 1.00 bits per heavy atom. The summed E-state index contributed by atoms with van der Waals surface area (Å²) in [5.41, 5.74) is 3.07. The molecule has 0 bridgehead atoms. The van der Waals surface area contributed by atoms with Gasteiger partial charge in [-0.05, 0) is 54.6 Å². The van der Waals surface area contributed by atoms with Crippen molar-refractivity contribution in [1.29, 1.82) is 5.26 Å². The highest BCUT2D eigenvalue weighted by atomic mass is 32.2. The lowest BCUT2D eigenvalue weighted by Gasteiger charge is -2.28. The monoisotopic (exact) mass is 418 g/mol. The third-order valence-electron chi connectivity index (χ3n) is 4.58. The molecule has 152 valence electrons. The molecule has 0 saturated carbocycles. The van der Waals surface area contributed by atoms with Crippen molar-refractivity contribution < 1.29 is 4.74 Å². The maximum absolute atomic E-state index is 8.64. The van der Waals surface area contributed by atoms with Gasteiger partial charge in [-0.2, -0.15) is 5.26 Å². The van der Waals surface area contributed by atoms with Crippen LogP contribution in [0.2, 0.25) is 0 Å². The Kier molecular flexibility index (Phi) is 6.65. The zero-order chi connectivity index (χ0) is 20.6. The molecule has 1 aliphatic rings. The number of hydrogen-bond acceptors (Lipinski definition) is 8. The molecule has 30 heavy (non-hydrogen) atoms. The highest BCUT2D eigenvalue weighted by Crippen LogP contribution is 2.28. The third kappa shape index (κ3) is 5.41. The number of morpholine rings is 1. The molecular weight excluding hydrogens is 396 g/mol. The number of nitriles is 1. The Bertz CT molecular complexity index is 997. The molecule has 7 nitrogen and oxygen atoms in total. The van der Waals surface area contributed by atoms with E-state index in [1.165, 1.54) is 5.69 Å². The van der Waals surface area contributed by atoms with E-state index in [9.17, 15) is 0 Å². The molecule has 0 unspecified atom stereocenters. The first-order chi connectivity index (χ1) is 14.8. The molecule has 1 aromatic heterocycles. The topological polar surface area (TPSA) is 86.1 Å². The molecule has 0 spiro atoms. The molecule has 3 aromatic rings. The second kappa shape index (κ2) is 9.96. The van der Waals surface area contributed by atoms with Crippen LogP contribution in [0.4, 0.5) is 23.0 Å². The Morgan fingerprint density at radius 3 is 2.47 bits per heavy atom. The minimum atomic E-state index is 0.293. The molecule has 1 aliphatic heterocycles. The van der Waals surface area contributed by atoms with Gasteiger partial charge in [0.1, 0.15) is 11.6 Å². The van der Waals surface area contributed by atoms with Crippen LogP contribution in [0.1, 0.15) is 0 Å². The van der Waals surface area contributed by atoms with Gasteiger partial charge in [0, 0.05) is 41.2 Å². The Balaban J connectivity index is 1.38. The Labute approximate surface area is 180 Å². The van der Waals surface area contributed by atoms with E-state index >= 15 is 0 Å². The zero-order valence-electron chi connectivity index (χ0n) is 16.4. The minimum Gasteiger partial charge on any atom is -0.378 e. The van der Waals surface area contributed by atoms with E-state index in [2.05, 4.69) is 43.7 Å². The van der Waals surface area contributed by atoms with Crippen molar-refractivity contribution in [3.05, 3.63) is 60.8 Å². The second-order valence-electron chi connectivity index (χ2n) is 6.63. The van der Waals surface area contributed by atoms with Gasteiger partial charge in [-0.1, -0.05) is 11.8 Å². The van der Waals surface area contributed by atoms with Gasteiger partial charge in [-0.25, -0.2) is 9.97 Å². The molecule has 2 N–H and O–H groups in total. The van der Waals surface area contributed by atoms with Crippen LogP contribution in [-0.2, 0) is 4.74 Å². The summed E-state index contributed by atoms with van der Waals surface area (Å²) in [6.45, 7) is 3.69. The number of rotatable bonds is 7. The summed E-state index contributed by atoms with van der Waals surface area (Å²) in [5.74, 6) is 0.562. The van der Waals surface area contributed by atoms with Crippen molar-refractivity contribution in [2.75, 3.05) is 48.4 Å². The van der Waals surface area contributed by atoms with Gasteiger partial charge in [-0.3, -0.25) is 0 Å². The van der Waals surface area contributed by atoms with E-state index in [-0.39, 0.29) is 0 Å². The van der Waals surface area contributed by atoms with Gasteiger partial charge < -0.3 is 20.3 Å². The number of anilines is 4. The van der Waals surface area contributed by atoms with Gasteiger partial charge >= 0.3 is 0 Å². The smallest absolute Gasteiger partial charge is 0.228 e. The van der Waals surface area contributed by atoms with Crippen molar-refractivity contribution in [2.24, 2.45) is 0 Å². The summed E-state index contributed by atoms with van der Waals surface area (Å²) in [6, 6.07) is 20.2. The fraction of sp³-hybridized carbons (Fsp3) is 0.227. The Hall–Kier alpha value is -3.28. The lowest BCUT2D eigenvalue weighted by Crippen LogP contribution is -2.36. The van der Waals surface area contributed by atoms with Crippen molar-refractivity contribution in [3.8, 4) is 6.07 Å². The van der Waals surface area contributed by atoms with Crippen LogP contribution in [0.3, 0.4) is 0 Å². The molecule has 4 rings (SSSR count). The molecule has 2 aromatic carbocycles. The minimum absolute atomic E-state index is 0.293. The molecule has 0 amide bonds. The summed E-state index contributed by atoms with van der Waals surface area (Å²) in [5, 5.41) is 15.8. The van der Waals surface area contributed by atoms with Crippen molar-refractivity contribution in [1.82, 2.24) is 9.97 Å². The standard InChI is InChI=1S/C22H22N6OS/c23-10-12-24-17-3-7-20(8-4-17)30-21-9-11-25-22(27-21)26-18-1-5-19(6-2-18)28-13-15-29-16-14-28/h1-9,11,24H,12-16H2,(H,25,26,27). The van der Waals surface area contributed by atoms with Crippen molar-refractivity contribution in [2.45, 2.75) is 9.92 Å². The molecule has 8 heteroatoms. The quantitative estimate of drug-likeness (QED) is 0.437. The van der Waals surface area contributed by atoms with E-state index in [1.807, 2.05) is 42.5 Å². The highest BCUT2D eigenvalue weighted by molar-refractivity contribution is 7.99. The second-order valence-corrected chi connectivity index (χ2v) is 7.72. The maximum atomic E-state index is 8.64. The fourth-order valence-corrected chi connectivity index (χ4v) is 3.84. The fourth-order valence-electron chi connectivity index (χ4n) is 3.07. The van der Waals surface area contributed by atoms with Gasteiger partial charge in [0.2, 0.25) is 5.95 Å². The van der Waals surface area contributed by atoms with Gasteiger partial charge in [0.25, 0.3) is 0 Å². The highest BCUT2D eigenvalue weighted by Gasteiger charge is 2.11.